The van der Waals surface area contributed by atoms with Crippen LogP contribution in [0.4, 0.5) is 0 Å². The Hall–Kier alpha value is -0.140. The van der Waals surface area contributed by atoms with Gasteiger partial charge in [0.1, 0.15) is 0 Å². The zero-order chi connectivity index (χ0) is 14.0. The number of nitrogens with zero attached hydrogens (tertiary/aromatic N) is 2. The number of rotatable bonds is 5. The lowest BCUT2D eigenvalue weighted by molar-refractivity contribution is 0.357. The molecule has 0 aromatic carbocycles. The highest BCUT2D eigenvalue weighted by molar-refractivity contribution is 7.89. The summed E-state index contributed by atoms with van der Waals surface area (Å²) in [4.78, 5) is 3.48. The molecule has 1 aromatic heterocycles. The smallest absolute Gasteiger partial charge is 0.243 e. The molecule has 4 nitrogen and oxygen atoms in total. The molecule has 0 aliphatic carbocycles. The average molecular weight is 323 g/mol. The Morgan fingerprint density at radius 3 is 2.84 bits per heavy atom. The molecular weight excluding hydrogens is 304 g/mol. The topological polar surface area (TPSA) is 40.6 Å². The summed E-state index contributed by atoms with van der Waals surface area (Å²) in [6.07, 6.45) is 1.06. The van der Waals surface area contributed by atoms with Crippen molar-refractivity contribution in [2.45, 2.75) is 17.2 Å². The van der Waals surface area contributed by atoms with Crippen LogP contribution >= 0.6 is 22.9 Å². The van der Waals surface area contributed by atoms with Crippen LogP contribution in [0.1, 0.15) is 11.3 Å². The number of hydrogen-bond acceptors (Lipinski definition) is 4. The first-order valence-electron chi connectivity index (χ1n) is 6.21. The summed E-state index contributed by atoms with van der Waals surface area (Å²) in [7, 11) is 0.361. The van der Waals surface area contributed by atoms with E-state index in [0.29, 0.717) is 23.2 Å². The third kappa shape index (κ3) is 3.49. The van der Waals surface area contributed by atoms with Crippen LogP contribution in [0.2, 0.25) is 0 Å². The predicted octanol–water partition coefficient (Wildman–Crippen LogP) is 2.06. The third-order valence-corrected chi connectivity index (χ3v) is 6.81. The van der Waals surface area contributed by atoms with Crippen molar-refractivity contribution in [1.29, 1.82) is 0 Å². The van der Waals surface area contributed by atoms with E-state index >= 15 is 0 Å². The second-order valence-electron chi connectivity index (χ2n) is 5.08. The summed E-state index contributed by atoms with van der Waals surface area (Å²) in [6, 6.07) is 1.67. The molecular formula is C12H19ClN2O2S2. The first-order valence-corrected chi connectivity index (χ1v) is 9.07. The van der Waals surface area contributed by atoms with Crippen LogP contribution in [0.5, 0.6) is 0 Å². The number of alkyl halides is 1. The molecule has 2 heterocycles. The zero-order valence-electron chi connectivity index (χ0n) is 11.2. The van der Waals surface area contributed by atoms with Gasteiger partial charge < -0.3 is 4.90 Å². The Balaban J connectivity index is 2.06. The highest BCUT2D eigenvalue weighted by atomic mass is 35.5. The molecule has 19 heavy (non-hydrogen) atoms. The second kappa shape index (κ2) is 6.10. The predicted molar refractivity (Wildman–Crippen MR) is 79.3 cm³/mol. The summed E-state index contributed by atoms with van der Waals surface area (Å²) in [6.45, 7) is 2.60. The lowest BCUT2D eigenvalue weighted by Crippen LogP contribution is -2.32. The average Bonchev–Trinajstić information content (AvgIpc) is 2.98. The standard InChI is InChI=1S/C12H19ClN2O2S2/c1-14-4-3-10(7-14)8-15(2)19(16,17)12-5-11(6-13)18-9-12/h5,9-10H,3-4,6-8H2,1-2H3. The normalized spacial score (nSPS) is 21.4. The largest absolute Gasteiger partial charge is 0.306 e. The van der Waals surface area contributed by atoms with E-state index in [1.807, 2.05) is 0 Å². The van der Waals surface area contributed by atoms with E-state index in [1.54, 1.807) is 18.5 Å². The number of likely N-dealkylation sites (tertiary alicyclic amines) is 1. The van der Waals surface area contributed by atoms with Gasteiger partial charge in [-0.2, -0.15) is 0 Å². The molecule has 0 radical (unpaired) electrons. The number of sulfonamides is 1. The van der Waals surface area contributed by atoms with Crippen molar-refractivity contribution in [3.05, 3.63) is 16.3 Å². The first-order chi connectivity index (χ1) is 8.93. The van der Waals surface area contributed by atoms with Crippen molar-refractivity contribution in [2.24, 2.45) is 5.92 Å². The van der Waals surface area contributed by atoms with Crippen molar-refractivity contribution >= 4 is 33.0 Å². The molecule has 1 saturated heterocycles. The molecule has 0 N–H and O–H groups in total. The lowest BCUT2D eigenvalue weighted by Gasteiger charge is -2.20. The van der Waals surface area contributed by atoms with E-state index in [-0.39, 0.29) is 0 Å². The van der Waals surface area contributed by atoms with Crippen molar-refractivity contribution in [3.63, 3.8) is 0 Å². The minimum Gasteiger partial charge on any atom is -0.306 e. The second-order valence-corrected chi connectivity index (χ2v) is 8.39. The molecule has 0 bridgehead atoms. The van der Waals surface area contributed by atoms with Gasteiger partial charge in [0.2, 0.25) is 10.0 Å². The molecule has 1 unspecified atom stereocenters. The van der Waals surface area contributed by atoms with Crippen LogP contribution in [-0.2, 0) is 15.9 Å². The Bertz CT molecular complexity index is 530. The molecule has 7 heteroatoms. The van der Waals surface area contributed by atoms with Crippen LogP contribution < -0.4 is 0 Å². The molecule has 1 aliphatic rings. The Labute approximate surface area is 124 Å². The van der Waals surface area contributed by atoms with Crippen LogP contribution in [0.15, 0.2) is 16.3 Å². The number of thiophene rings is 1. The molecule has 0 amide bonds. The van der Waals surface area contributed by atoms with Gasteiger partial charge in [0.15, 0.2) is 0 Å². The van der Waals surface area contributed by atoms with Gasteiger partial charge in [-0.25, -0.2) is 12.7 Å². The zero-order valence-corrected chi connectivity index (χ0v) is 13.6. The lowest BCUT2D eigenvalue weighted by atomic mass is 10.1. The molecule has 1 aromatic rings. The number of halogens is 1. The van der Waals surface area contributed by atoms with Gasteiger partial charge in [-0.15, -0.1) is 22.9 Å². The third-order valence-electron chi connectivity index (χ3n) is 3.47. The molecule has 108 valence electrons. The minimum absolute atomic E-state index is 0.358. The van der Waals surface area contributed by atoms with E-state index in [2.05, 4.69) is 11.9 Å². The van der Waals surface area contributed by atoms with E-state index in [9.17, 15) is 8.42 Å². The maximum atomic E-state index is 12.4. The fraction of sp³-hybridized carbons (Fsp3) is 0.667. The summed E-state index contributed by atoms with van der Waals surface area (Å²) < 4.78 is 26.3. The minimum atomic E-state index is -3.37. The van der Waals surface area contributed by atoms with E-state index in [0.717, 1.165) is 24.4 Å². The molecule has 1 aliphatic heterocycles. The van der Waals surface area contributed by atoms with Crippen LogP contribution in [-0.4, -0.2) is 51.4 Å². The van der Waals surface area contributed by atoms with Crippen LogP contribution in [0, 0.1) is 5.92 Å². The maximum Gasteiger partial charge on any atom is 0.243 e. The first kappa shape index (κ1) is 15.3. The van der Waals surface area contributed by atoms with Gasteiger partial charge in [-0.1, -0.05) is 0 Å². The summed E-state index contributed by atoms with van der Waals surface area (Å²) >= 11 is 7.11. The fourth-order valence-corrected chi connectivity index (χ4v) is 5.01. The van der Waals surface area contributed by atoms with Crippen LogP contribution in [0.25, 0.3) is 0 Å². The van der Waals surface area contributed by atoms with Gasteiger partial charge in [-0.3, -0.25) is 0 Å². The Morgan fingerprint density at radius 1 is 1.58 bits per heavy atom. The molecule has 1 fully saturated rings. The highest BCUT2D eigenvalue weighted by Crippen LogP contribution is 2.25. The summed E-state index contributed by atoms with van der Waals surface area (Å²) in [5, 5.41) is 1.67. The van der Waals surface area contributed by atoms with Crippen LogP contribution in [0.3, 0.4) is 0 Å². The van der Waals surface area contributed by atoms with Crippen molar-refractivity contribution in [3.8, 4) is 0 Å². The fourth-order valence-electron chi connectivity index (χ4n) is 2.38. The molecule has 0 saturated carbocycles. The van der Waals surface area contributed by atoms with Crippen molar-refractivity contribution in [1.82, 2.24) is 9.21 Å². The molecule has 2 rings (SSSR count). The van der Waals surface area contributed by atoms with Gasteiger partial charge in [0, 0.05) is 30.4 Å². The summed E-state index contributed by atoms with van der Waals surface area (Å²) in [5.41, 5.74) is 0. The monoisotopic (exact) mass is 322 g/mol. The van der Waals surface area contributed by atoms with Gasteiger partial charge in [-0.05, 0) is 32.0 Å². The Kier molecular flexibility index (Phi) is 4.89. The van der Waals surface area contributed by atoms with E-state index in [1.165, 1.54) is 15.6 Å². The van der Waals surface area contributed by atoms with Crippen molar-refractivity contribution < 1.29 is 8.42 Å². The van der Waals surface area contributed by atoms with Gasteiger partial charge >= 0.3 is 0 Å². The molecule has 1 atom stereocenters. The van der Waals surface area contributed by atoms with Gasteiger partial charge in [0.25, 0.3) is 0 Å². The van der Waals surface area contributed by atoms with E-state index < -0.39 is 10.0 Å². The van der Waals surface area contributed by atoms with Gasteiger partial charge in [0.05, 0.1) is 10.8 Å². The molecule has 0 spiro atoms. The van der Waals surface area contributed by atoms with Crippen molar-refractivity contribution in [2.75, 3.05) is 33.7 Å². The number of hydrogen-bond donors (Lipinski definition) is 0. The maximum absolute atomic E-state index is 12.4. The highest BCUT2D eigenvalue weighted by Gasteiger charge is 2.27. The quantitative estimate of drug-likeness (QED) is 0.779. The Morgan fingerprint density at radius 2 is 2.32 bits per heavy atom. The van der Waals surface area contributed by atoms with E-state index in [4.69, 9.17) is 11.6 Å². The SMILES string of the molecule is CN1CCC(CN(C)S(=O)(=O)c2csc(CCl)c2)C1. The summed E-state index contributed by atoms with van der Waals surface area (Å²) in [5.74, 6) is 0.785.